The molecule has 4 radical (unpaired) electrons. The Morgan fingerprint density at radius 1 is 1.00 bits per heavy atom. The zero-order valence-corrected chi connectivity index (χ0v) is 7.33. The molecule has 0 heterocycles. The predicted molar refractivity (Wildman–Crippen MR) is 58.8 cm³/mol. The third-order valence-corrected chi connectivity index (χ3v) is 2.28. The van der Waals surface area contributed by atoms with E-state index in [1.54, 1.807) is 0 Å². The van der Waals surface area contributed by atoms with Crippen molar-refractivity contribution in [1.29, 1.82) is 0 Å². The average Bonchev–Trinajstić information content (AvgIpc) is 2.19. The summed E-state index contributed by atoms with van der Waals surface area (Å²) in [5, 5.41) is 2.25. The van der Waals surface area contributed by atoms with Gasteiger partial charge in [-0.25, -0.2) is 0 Å². The number of rotatable bonds is 1. The summed E-state index contributed by atoms with van der Waals surface area (Å²) in [7, 11) is 11.5. The minimum Gasteiger partial charge on any atom is -0.0866 e. The molecule has 0 aliphatic rings. The molecule has 0 unspecified atom stereocenters. The molecule has 0 atom stereocenters. The highest BCUT2D eigenvalue weighted by Gasteiger charge is 1.99. The Morgan fingerprint density at radius 3 is 2.54 bits per heavy atom. The number of benzene rings is 2. The molecule has 0 fully saturated rings. The first-order chi connectivity index (χ1) is 6.33. The second kappa shape index (κ2) is 3.29. The molecule has 0 saturated heterocycles. The molecule has 0 N–H and O–H groups in total. The van der Waals surface area contributed by atoms with Crippen LogP contribution in [0.3, 0.4) is 0 Å². The quantitative estimate of drug-likeness (QED) is 0.554. The molecule has 0 aromatic heterocycles. The first kappa shape index (κ1) is 8.43. The summed E-state index contributed by atoms with van der Waals surface area (Å²) in [5.74, 6) is 0. The van der Waals surface area contributed by atoms with E-state index in [4.69, 9.17) is 15.7 Å². The van der Waals surface area contributed by atoms with E-state index in [2.05, 4.69) is 0 Å². The lowest BCUT2D eigenvalue weighted by atomic mass is 9.81. The fraction of sp³-hybridized carbons (Fsp3) is 0.0909. The van der Waals surface area contributed by atoms with Gasteiger partial charge in [-0.1, -0.05) is 53.7 Å². The van der Waals surface area contributed by atoms with Gasteiger partial charge in [-0.3, -0.25) is 0 Å². The Bertz CT molecular complexity index is 435. The van der Waals surface area contributed by atoms with Crippen molar-refractivity contribution in [2.45, 2.75) is 6.32 Å². The summed E-state index contributed by atoms with van der Waals surface area (Å²) < 4.78 is 0. The van der Waals surface area contributed by atoms with Crippen molar-refractivity contribution >= 4 is 31.9 Å². The summed E-state index contributed by atoms with van der Waals surface area (Å²) in [6, 6.07) is 12.1. The van der Waals surface area contributed by atoms with Crippen molar-refractivity contribution in [1.82, 2.24) is 0 Å². The molecule has 58 valence electrons. The van der Waals surface area contributed by atoms with Crippen molar-refractivity contribution in [3.8, 4) is 0 Å². The van der Waals surface area contributed by atoms with Gasteiger partial charge in [-0.05, 0) is 10.8 Å². The molecule has 2 aromatic carbocycles. The molecule has 2 heteroatoms. The fourth-order valence-electron chi connectivity index (χ4n) is 1.52. The first-order valence-electron chi connectivity index (χ1n) is 4.29. The van der Waals surface area contributed by atoms with Gasteiger partial charge in [0.15, 0.2) is 0 Å². The van der Waals surface area contributed by atoms with Gasteiger partial charge in [-0.15, -0.1) is 0 Å². The van der Waals surface area contributed by atoms with Gasteiger partial charge in [-0.2, -0.15) is 0 Å². The van der Waals surface area contributed by atoms with Crippen molar-refractivity contribution in [3.05, 3.63) is 42.0 Å². The molecule has 0 aliphatic heterocycles. The Kier molecular flexibility index (Phi) is 2.13. The standard InChI is InChI=1S/C11H8B2/c12-7-9-6-5-8-3-1-2-4-10(8)11(9)13/h1-6H,7H2. The van der Waals surface area contributed by atoms with E-state index >= 15 is 0 Å². The maximum atomic E-state index is 5.95. The van der Waals surface area contributed by atoms with Gasteiger partial charge in [0.25, 0.3) is 0 Å². The summed E-state index contributed by atoms with van der Waals surface area (Å²) in [6.45, 7) is 0. The predicted octanol–water partition coefficient (Wildman–Crippen LogP) is 1.30. The summed E-state index contributed by atoms with van der Waals surface area (Å²) in [4.78, 5) is 0. The van der Waals surface area contributed by atoms with Gasteiger partial charge in [0, 0.05) is 0 Å². The van der Waals surface area contributed by atoms with E-state index in [1.807, 2.05) is 36.4 Å². The van der Waals surface area contributed by atoms with Crippen molar-refractivity contribution in [2.75, 3.05) is 0 Å². The molecule has 0 saturated carbocycles. The zero-order chi connectivity index (χ0) is 9.26. The molecule has 0 nitrogen and oxygen atoms in total. The Balaban J connectivity index is 2.79. The third-order valence-electron chi connectivity index (χ3n) is 2.28. The topological polar surface area (TPSA) is 0 Å². The second-order valence-corrected chi connectivity index (χ2v) is 3.06. The van der Waals surface area contributed by atoms with E-state index < -0.39 is 0 Å². The molecule has 0 bridgehead atoms. The molecule has 13 heavy (non-hydrogen) atoms. The van der Waals surface area contributed by atoms with E-state index in [-0.39, 0.29) is 0 Å². The molecule has 2 rings (SSSR count). The maximum absolute atomic E-state index is 5.95. The minimum atomic E-state index is 0.497. The van der Waals surface area contributed by atoms with Crippen LogP contribution in [0.2, 0.25) is 0 Å². The van der Waals surface area contributed by atoms with Crippen LogP contribution >= 0.6 is 0 Å². The number of hydrogen-bond acceptors (Lipinski definition) is 0. The molecule has 2 aromatic rings. The van der Waals surface area contributed by atoms with E-state index in [9.17, 15) is 0 Å². The van der Waals surface area contributed by atoms with Gasteiger partial charge < -0.3 is 0 Å². The van der Waals surface area contributed by atoms with Crippen molar-refractivity contribution < 1.29 is 0 Å². The molecular weight excluding hydrogens is 154 g/mol. The van der Waals surface area contributed by atoms with Crippen LogP contribution in [0.25, 0.3) is 10.8 Å². The Hall–Kier alpha value is -1.17. The third kappa shape index (κ3) is 1.37. The maximum Gasteiger partial charge on any atom is 0.115 e. The van der Waals surface area contributed by atoms with Crippen LogP contribution in [0.4, 0.5) is 0 Å². The lowest BCUT2D eigenvalue weighted by molar-refractivity contribution is 1.45. The summed E-state index contributed by atoms with van der Waals surface area (Å²) in [6.07, 6.45) is 0.497. The number of hydrogen-bond donors (Lipinski definition) is 0. The van der Waals surface area contributed by atoms with E-state index in [0.29, 0.717) is 6.32 Å². The minimum absolute atomic E-state index is 0.497. The fourth-order valence-corrected chi connectivity index (χ4v) is 1.52. The number of fused-ring (bicyclic) bond motifs is 1. The Morgan fingerprint density at radius 2 is 1.77 bits per heavy atom. The van der Waals surface area contributed by atoms with Crippen LogP contribution in [0, 0.1) is 0 Å². The lowest BCUT2D eigenvalue weighted by Crippen LogP contribution is -2.11. The van der Waals surface area contributed by atoms with Crippen LogP contribution < -0.4 is 5.46 Å². The van der Waals surface area contributed by atoms with Crippen molar-refractivity contribution in [2.24, 2.45) is 0 Å². The second-order valence-electron chi connectivity index (χ2n) is 3.06. The van der Waals surface area contributed by atoms with Crippen LogP contribution in [-0.4, -0.2) is 15.7 Å². The lowest BCUT2D eigenvalue weighted by Gasteiger charge is -2.07. The summed E-state index contributed by atoms with van der Waals surface area (Å²) in [5.41, 5.74) is 1.82. The van der Waals surface area contributed by atoms with Crippen LogP contribution in [-0.2, 0) is 6.32 Å². The highest BCUT2D eigenvalue weighted by atomic mass is 14.0. The van der Waals surface area contributed by atoms with Gasteiger partial charge >= 0.3 is 0 Å². The van der Waals surface area contributed by atoms with Gasteiger partial charge in [0.2, 0.25) is 0 Å². The smallest absolute Gasteiger partial charge is 0.0866 e. The normalized spacial score (nSPS) is 10.5. The zero-order valence-electron chi connectivity index (χ0n) is 7.33. The molecular formula is C11H8B2. The van der Waals surface area contributed by atoms with E-state index in [1.165, 1.54) is 0 Å². The molecule has 0 spiro atoms. The van der Waals surface area contributed by atoms with Crippen molar-refractivity contribution in [3.63, 3.8) is 0 Å². The Labute approximate surface area is 80.8 Å². The highest BCUT2D eigenvalue weighted by Crippen LogP contribution is 2.12. The van der Waals surface area contributed by atoms with Gasteiger partial charge in [0.1, 0.15) is 7.85 Å². The first-order valence-corrected chi connectivity index (χ1v) is 4.29. The average molecular weight is 162 g/mol. The SMILES string of the molecule is [B]Cc1ccc2ccccc2c1[B]. The van der Waals surface area contributed by atoms with Crippen LogP contribution in [0.1, 0.15) is 5.56 Å². The molecule has 0 amide bonds. The molecule has 0 aliphatic carbocycles. The van der Waals surface area contributed by atoms with Gasteiger partial charge in [0.05, 0.1) is 7.85 Å². The highest BCUT2D eigenvalue weighted by molar-refractivity contribution is 6.40. The summed E-state index contributed by atoms with van der Waals surface area (Å²) >= 11 is 0. The largest absolute Gasteiger partial charge is 0.115 e. The monoisotopic (exact) mass is 162 g/mol. The van der Waals surface area contributed by atoms with Crippen LogP contribution in [0.5, 0.6) is 0 Å². The van der Waals surface area contributed by atoms with E-state index in [0.717, 1.165) is 21.8 Å². The van der Waals surface area contributed by atoms with Crippen LogP contribution in [0.15, 0.2) is 36.4 Å².